The summed E-state index contributed by atoms with van der Waals surface area (Å²) in [4.78, 5) is 16.6. The molecule has 3 aliphatic heterocycles. The first-order valence-corrected chi connectivity index (χ1v) is 8.10. The second-order valence-corrected chi connectivity index (χ2v) is 6.57. The molecule has 22 heavy (non-hydrogen) atoms. The topological polar surface area (TPSA) is 35.6 Å². The number of carbonyl (C=O) groups excluding carboxylic acids is 1. The first kappa shape index (κ1) is 15.1. The third-order valence-electron chi connectivity index (χ3n) is 4.82. The molecule has 3 aliphatic rings. The van der Waals surface area contributed by atoms with Gasteiger partial charge in [-0.25, -0.2) is 0 Å². The van der Waals surface area contributed by atoms with E-state index >= 15 is 0 Å². The van der Waals surface area contributed by atoms with E-state index < -0.39 is 0 Å². The molecule has 1 N–H and O–H groups in total. The van der Waals surface area contributed by atoms with E-state index in [-0.39, 0.29) is 5.91 Å². The molecule has 3 heterocycles. The third-order valence-corrected chi connectivity index (χ3v) is 4.82. The van der Waals surface area contributed by atoms with Gasteiger partial charge < -0.3 is 15.1 Å². The molecule has 4 nitrogen and oxygen atoms in total. The van der Waals surface area contributed by atoms with Crippen LogP contribution in [0.25, 0.3) is 6.08 Å². The van der Waals surface area contributed by atoms with E-state index in [4.69, 9.17) is 0 Å². The summed E-state index contributed by atoms with van der Waals surface area (Å²) >= 11 is 0. The van der Waals surface area contributed by atoms with Gasteiger partial charge >= 0.3 is 0 Å². The summed E-state index contributed by atoms with van der Waals surface area (Å²) in [5, 5.41) is 3.17. The van der Waals surface area contributed by atoms with Crippen molar-refractivity contribution in [2.45, 2.75) is 18.9 Å². The number of carbonyl (C=O) groups is 1. The normalized spacial score (nSPS) is 27.1. The Labute approximate surface area is 132 Å². The number of nitrogens with one attached hydrogen (secondary N) is 1. The third kappa shape index (κ3) is 3.50. The van der Waals surface area contributed by atoms with E-state index in [1.54, 1.807) is 6.08 Å². The van der Waals surface area contributed by atoms with E-state index in [0.717, 1.165) is 17.8 Å². The van der Waals surface area contributed by atoms with Crippen LogP contribution in [0.15, 0.2) is 30.3 Å². The van der Waals surface area contributed by atoms with Crippen LogP contribution in [0.5, 0.6) is 0 Å². The lowest BCUT2D eigenvalue weighted by Crippen LogP contribution is -2.57. The number of benzene rings is 1. The molecule has 0 radical (unpaired) electrons. The largest absolute Gasteiger partial charge is 0.378 e. The van der Waals surface area contributed by atoms with Crippen LogP contribution in [0.4, 0.5) is 5.69 Å². The van der Waals surface area contributed by atoms with Crippen LogP contribution < -0.4 is 10.2 Å². The number of nitrogens with zero attached hydrogens (tertiary/aromatic N) is 2. The van der Waals surface area contributed by atoms with Crippen molar-refractivity contribution in [3.8, 4) is 0 Å². The van der Waals surface area contributed by atoms with Crippen LogP contribution in [0, 0.1) is 5.92 Å². The smallest absolute Gasteiger partial charge is 0.244 e. The fourth-order valence-electron chi connectivity index (χ4n) is 3.41. The highest BCUT2D eigenvalue weighted by Crippen LogP contribution is 2.27. The highest BCUT2D eigenvalue weighted by Gasteiger charge is 2.34. The number of rotatable bonds is 4. The zero-order valence-corrected chi connectivity index (χ0v) is 13.5. The van der Waals surface area contributed by atoms with Gasteiger partial charge in [-0.3, -0.25) is 4.79 Å². The molecule has 3 fully saturated rings. The highest BCUT2D eigenvalue weighted by molar-refractivity contribution is 5.92. The number of amides is 1. The molecule has 1 atom stereocenters. The first-order valence-electron chi connectivity index (χ1n) is 8.10. The molecule has 1 unspecified atom stereocenters. The first-order chi connectivity index (χ1) is 10.6. The molecule has 118 valence electrons. The zero-order chi connectivity index (χ0) is 15.5. The van der Waals surface area contributed by atoms with Gasteiger partial charge in [0, 0.05) is 38.4 Å². The van der Waals surface area contributed by atoms with Gasteiger partial charge in [0.2, 0.25) is 5.91 Å². The minimum absolute atomic E-state index is 0.0236. The fourth-order valence-corrected chi connectivity index (χ4v) is 3.41. The Morgan fingerprint density at radius 1 is 1.23 bits per heavy atom. The molecule has 0 aliphatic carbocycles. The Balaban J connectivity index is 1.55. The molecule has 2 bridgehead atoms. The molecule has 3 saturated heterocycles. The van der Waals surface area contributed by atoms with Crippen LogP contribution in [-0.4, -0.2) is 50.6 Å². The van der Waals surface area contributed by atoms with Crippen molar-refractivity contribution in [1.82, 2.24) is 10.2 Å². The van der Waals surface area contributed by atoms with Gasteiger partial charge in [0.25, 0.3) is 0 Å². The summed E-state index contributed by atoms with van der Waals surface area (Å²) in [6.07, 6.45) is 5.99. The maximum absolute atomic E-state index is 12.1. The Morgan fingerprint density at radius 3 is 2.45 bits per heavy atom. The molecule has 1 amide bonds. The Kier molecular flexibility index (Phi) is 4.48. The fraction of sp³-hybridized carbons (Fsp3) is 0.500. The summed E-state index contributed by atoms with van der Waals surface area (Å²) in [7, 11) is 4.04. The summed E-state index contributed by atoms with van der Waals surface area (Å²) in [5.41, 5.74) is 2.21. The summed E-state index contributed by atoms with van der Waals surface area (Å²) in [6.45, 7) is 3.41. The van der Waals surface area contributed by atoms with Crippen LogP contribution in [0.2, 0.25) is 0 Å². The number of anilines is 1. The number of hydrogen-bond acceptors (Lipinski definition) is 3. The average molecular weight is 299 g/mol. The molecule has 1 aromatic carbocycles. The van der Waals surface area contributed by atoms with Gasteiger partial charge in [-0.15, -0.1) is 0 Å². The minimum atomic E-state index is 0.0236. The van der Waals surface area contributed by atoms with Gasteiger partial charge in [-0.05, 0) is 55.6 Å². The standard InChI is InChI=1S/C18H25N3O/c1-20(2)16-6-3-14(4-7-16)5-8-18(22)19-17-13-21-11-9-15(17)10-12-21/h3-8,15,17H,9-13H2,1-2H3,(H,19,22)/b8-5+. The quantitative estimate of drug-likeness (QED) is 0.864. The van der Waals surface area contributed by atoms with E-state index in [0.29, 0.717) is 12.0 Å². The van der Waals surface area contributed by atoms with E-state index in [1.165, 1.54) is 25.9 Å². The maximum Gasteiger partial charge on any atom is 0.244 e. The van der Waals surface area contributed by atoms with Crippen molar-refractivity contribution < 1.29 is 4.79 Å². The van der Waals surface area contributed by atoms with Crippen molar-refractivity contribution >= 4 is 17.7 Å². The average Bonchev–Trinajstić information content (AvgIpc) is 2.54. The summed E-state index contributed by atoms with van der Waals surface area (Å²) in [6, 6.07) is 8.52. The molecule has 1 aromatic rings. The van der Waals surface area contributed by atoms with Crippen LogP contribution in [0.3, 0.4) is 0 Å². The van der Waals surface area contributed by atoms with E-state index in [1.807, 2.05) is 32.3 Å². The second-order valence-electron chi connectivity index (χ2n) is 6.57. The Bertz CT molecular complexity index is 542. The zero-order valence-electron chi connectivity index (χ0n) is 13.5. The van der Waals surface area contributed by atoms with Gasteiger partial charge in [0.1, 0.15) is 0 Å². The van der Waals surface area contributed by atoms with Crippen molar-refractivity contribution in [3.63, 3.8) is 0 Å². The Morgan fingerprint density at radius 2 is 1.91 bits per heavy atom. The van der Waals surface area contributed by atoms with E-state index in [2.05, 4.69) is 27.2 Å². The van der Waals surface area contributed by atoms with Crippen LogP contribution in [0.1, 0.15) is 18.4 Å². The van der Waals surface area contributed by atoms with Crippen LogP contribution in [-0.2, 0) is 4.79 Å². The lowest BCUT2D eigenvalue weighted by molar-refractivity contribution is -0.118. The molecule has 4 rings (SSSR count). The van der Waals surface area contributed by atoms with Crippen LogP contribution >= 0.6 is 0 Å². The minimum Gasteiger partial charge on any atom is -0.378 e. The molecule has 0 saturated carbocycles. The highest BCUT2D eigenvalue weighted by atomic mass is 16.1. The van der Waals surface area contributed by atoms with Gasteiger partial charge in [-0.1, -0.05) is 12.1 Å². The Hall–Kier alpha value is -1.81. The number of piperidine rings is 3. The van der Waals surface area contributed by atoms with Gasteiger partial charge in [0.05, 0.1) is 0 Å². The molecular formula is C18H25N3O. The molecule has 0 spiro atoms. The van der Waals surface area contributed by atoms with Gasteiger partial charge in [0.15, 0.2) is 0 Å². The van der Waals surface area contributed by atoms with Crippen molar-refractivity contribution in [2.24, 2.45) is 5.92 Å². The molecule has 4 heteroatoms. The van der Waals surface area contributed by atoms with Crippen molar-refractivity contribution in [3.05, 3.63) is 35.9 Å². The lowest BCUT2D eigenvalue weighted by Gasteiger charge is -2.44. The number of hydrogen-bond donors (Lipinski definition) is 1. The SMILES string of the molecule is CN(C)c1ccc(/C=C/C(=O)NC2CN3CCC2CC3)cc1. The van der Waals surface area contributed by atoms with E-state index in [9.17, 15) is 4.79 Å². The molecule has 0 aromatic heterocycles. The lowest BCUT2D eigenvalue weighted by atomic mass is 9.84. The predicted octanol–water partition coefficient (Wildman–Crippen LogP) is 1.98. The van der Waals surface area contributed by atoms with Crippen molar-refractivity contribution in [2.75, 3.05) is 38.6 Å². The molecular weight excluding hydrogens is 274 g/mol. The maximum atomic E-state index is 12.1. The van der Waals surface area contributed by atoms with Gasteiger partial charge in [-0.2, -0.15) is 0 Å². The summed E-state index contributed by atoms with van der Waals surface area (Å²) in [5.74, 6) is 0.692. The predicted molar refractivity (Wildman–Crippen MR) is 90.9 cm³/mol. The summed E-state index contributed by atoms with van der Waals surface area (Å²) < 4.78 is 0. The monoisotopic (exact) mass is 299 g/mol. The second kappa shape index (κ2) is 6.53. The van der Waals surface area contributed by atoms with Crippen molar-refractivity contribution in [1.29, 1.82) is 0 Å². The number of fused-ring (bicyclic) bond motifs is 3.